The van der Waals surface area contributed by atoms with Gasteiger partial charge in [-0.1, -0.05) is 60.1 Å². The summed E-state index contributed by atoms with van der Waals surface area (Å²) < 4.78 is 1.03. The van der Waals surface area contributed by atoms with Crippen LogP contribution in [-0.2, 0) is 11.2 Å². The summed E-state index contributed by atoms with van der Waals surface area (Å²) in [6.07, 6.45) is 2.28. The van der Waals surface area contributed by atoms with Crippen LogP contribution in [0.2, 0.25) is 0 Å². The Balaban J connectivity index is 2.02. The zero-order valence-corrected chi connectivity index (χ0v) is 17.4. The summed E-state index contributed by atoms with van der Waals surface area (Å²) >= 11 is 3.45. The second-order valence-electron chi connectivity index (χ2n) is 6.65. The average molecular weight is 426 g/mol. The van der Waals surface area contributed by atoms with Crippen molar-refractivity contribution in [2.75, 3.05) is 11.9 Å². The van der Waals surface area contributed by atoms with Gasteiger partial charge in [-0.2, -0.15) is 5.26 Å². The molecule has 0 bridgehead atoms. The SMILES string of the molecule is Cc1cccc(C(C)C)c1NC(=O)/C(C#N)=C\NCCc1cccc(Br)c1. The maximum Gasteiger partial charge on any atom is 0.267 e. The van der Waals surface area contributed by atoms with Gasteiger partial charge in [0.1, 0.15) is 11.6 Å². The minimum atomic E-state index is -0.399. The first kappa shape index (κ1) is 20.7. The molecule has 0 aliphatic rings. The van der Waals surface area contributed by atoms with Gasteiger partial charge in [0.15, 0.2) is 0 Å². The lowest BCUT2D eigenvalue weighted by Crippen LogP contribution is -2.19. The molecule has 0 unspecified atom stereocenters. The number of anilines is 1. The number of nitrogens with zero attached hydrogens (tertiary/aromatic N) is 1. The number of para-hydroxylation sites is 1. The highest BCUT2D eigenvalue weighted by Gasteiger charge is 2.15. The third-order valence-corrected chi connectivity index (χ3v) is 4.72. The standard InChI is InChI=1S/C22H24BrN3O/c1-15(2)20-9-4-6-16(3)21(20)26-22(27)18(13-24)14-25-11-10-17-7-5-8-19(23)12-17/h4-9,12,14-15,25H,10-11H2,1-3H3,(H,26,27)/b18-14-. The van der Waals surface area contributed by atoms with Crippen molar-refractivity contribution in [1.29, 1.82) is 5.26 Å². The Morgan fingerprint density at radius 2 is 2.00 bits per heavy atom. The molecule has 2 N–H and O–H groups in total. The van der Waals surface area contributed by atoms with Crippen molar-refractivity contribution in [2.24, 2.45) is 0 Å². The van der Waals surface area contributed by atoms with Crippen LogP contribution in [0.25, 0.3) is 0 Å². The van der Waals surface area contributed by atoms with Crippen molar-refractivity contribution in [2.45, 2.75) is 33.1 Å². The topological polar surface area (TPSA) is 64.9 Å². The van der Waals surface area contributed by atoms with Gasteiger partial charge in [0.05, 0.1) is 0 Å². The number of benzene rings is 2. The molecule has 0 aliphatic heterocycles. The number of aryl methyl sites for hydroxylation is 1. The number of carbonyl (C=O) groups excluding carboxylic acids is 1. The minimum absolute atomic E-state index is 0.0576. The van der Waals surface area contributed by atoms with Gasteiger partial charge in [0.25, 0.3) is 5.91 Å². The molecule has 0 saturated carbocycles. The fourth-order valence-corrected chi connectivity index (χ4v) is 3.20. The number of hydrogen-bond acceptors (Lipinski definition) is 3. The van der Waals surface area contributed by atoms with E-state index in [9.17, 15) is 10.1 Å². The highest BCUT2D eigenvalue weighted by atomic mass is 79.9. The molecule has 0 aliphatic carbocycles. The molecule has 0 atom stereocenters. The highest BCUT2D eigenvalue weighted by molar-refractivity contribution is 9.10. The van der Waals surface area contributed by atoms with Gasteiger partial charge in [-0.05, 0) is 48.1 Å². The number of hydrogen-bond donors (Lipinski definition) is 2. The smallest absolute Gasteiger partial charge is 0.267 e. The summed E-state index contributed by atoms with van der Waals surface area (Å²) in [5.41, 5.74) is 4.06. The van der Waals surface area contributed by atoms with Crippen LogP contribution < -0.4 is 10.6 Å². The Morgan fingerprint density at radius 3 is 2.67 bits per heavy atom. The van der Waals surface area contributed by atoms with Gasteiger partial charge in [0.2, 0.25) is 0 Å². The van der Waals surface area contributed by atoms with Crippen LogP contribution in [0.15, 0.2) is 58.7 Å². The minimum Gasteiger partial charge on any atom is -0.389 e. The summed E-state index contributed by atoms with van der Waals surface area (Å²) in [4.78, 5) is 12.5. The predicted octanol–water partition coefficient (Wildman–Crippen LogP) is 5.06. The Morgan fingerprint density at radius 1 is 1.26 bits per heavy atom. The van der Waals surface area contributed by atoms with Crippen molar-refractivity contribution in [1.82, 2.24) is 5.32 Å². The number of nitriles is 1. The molecule has 0 heterocycles. The Labute approximate surface area is 169 Å². The first-order chi connectivity index (χ1) is 12.9. The number of amides is 1. The molecular formula is C22H24BrN3O. The van der Waals surface area contributed by atoms with E-state index in [0.29, 0.717) is 6.54 Å². The van der Waals surface area contributed by atoms with E-state index in [2.05, 4.69) is 46.5 Å². The molecule has 0 radical (unpaired) electrons. The largest absolute Gasteiger partial charge is 0.389 e. The number of carbonyl (C=O) groups is 1. The quantitative estimate of drug-likeness (QED) is 0.370. The Hall–Kier alpha value is -2.58. The first-order valence-corrected chi connectivity index (χ1v) is 9.70. The molecule has 0 saturated heterocycles. The molecule has 0 aromatic heterocycles. The summed E-state index contributed by atoms with van der Waals surface area (Å²) in [7, 11) is 0. The van der Waals surface area contributed by atoms with Crippen molar-refractivity contribution in [3.05, 3.63) is 75.4 Å². The molecule has 140 valence electrons. The normalized spacial score (nSPS) is 11.2. The van der Waals surface area contributed by atoms with E-state index in [4.69, 9.17) is 0 Å². The fraction of sp³-hybridized carbons (Fsp3) is 0.273. The Kier molecular flexibility index (Phi) is 7.63. The molecule has 0 spiro atoms. The van der Waals surface area contributed by atoms with E-state index in [-0.39, 0.29) is 11.5 Å². The summed E-state index contributed by atoms with van der Waals surface area (Å²) in [5, 5.41) is 15.3. The van der Waals surface area contributed by atoms with Gasteiger partial charge in [-0.25, -0.2) is 0 Å². The molecule has 2 aromatic rings. The van der Waals surface area contributed by atoms with Gasteiger partial charge < -0.3 is 10.6 Å². The maximum atomic E-state index is 12.5. The number of rotatable bonds is 7. The summed E-state index contributed by atoms with van der Waals surface area (Å²) in [5.74, 6) is -0.123. The van der Waals surface area contributed by atoms with Gasteiger partial charge in [-0.15, -0.1) is 0 Å². The molecule has 4 nitrogen and oxygen atoms in total. The van der Waals surface area contributed by atoms with Crippen LogP contribution in [-0.4, -0.2) is 12.5 Å². The lowest BCUT2D eigenvalue weighted by atomic mass is 9.98. The van der Waals surface area contributed by atoms with Crippen LogP contribution in [0, 0.1) is 18.3 Å². The Bertz CT molecular complexity index is 881. The molecule has 2 rings (SSSR count). The van der Waals surface area contributed by atoms with Crippen molar-refractivity contribution in [3.8, 4) is 6.07 Å². The van der Waals surface area contributed by atoms with Gasteiger partial charge in [-0.3, -0.25) is 4.79 Å². The van der Waals surface area contributed by atoms with Crippen molar-refractivity contribution < 1.29 is 4.79 Å². The molecule has 27 heavy (non-hydrogen) atoms. The van der Waals surface area contributed by atoms with Crippen molar-refractivity contribution in [3.63, 3.8) is 0 Å². The zero-order chi connectivity index (χ0) is 19.8. The second-order valence-corrected chi connectivity index (χ2v) is 7.57. The molecular weight excluding hydrogens is 402 g/mol. The van der Waals surface area contributed by atoms with Crippen LogP contribution in [0.4, 0.5) is 5.69 Å². The first-order valence-electron chi connectivity index (χ1n) is 8.91. The lowest BCUT2D eigenvalue weighted by Gasteiger charge is -2.16. The lowest BCUT2D eigenvalue weighted by molar-refractivity contribution is -0.112. The monoisotopic (exact) mass is 425 g/mol. The third kappa shape index (κ3) is 5.97. The van der Waals surface area contributed by atoms with E-state index >= 15 is 0 Å². The number of nitrogens with one attached hydrogen (secondary N) is 2. The van der Waals surface area contributed by atoms with E-state index in [0.717, 1.165) is 27.7 Å². The zero-order valence-electron chi connectivity index (χ0n) is 15.8. The average Bonchev–Trinajstić information content (AvgIpc) is 2.63. The second kappa shape index (κ2) is 9.94. The van der Waals surface area contributed by atoms with Crippen molar-refractivity contribution >= 4 is 27.5 Å². The van der Waals surface area contributed by atoms with Crippen LogP contribution in [0.1, 0.15) is 36.5 Å². The molecule has 0 fully saturated rings. The van der Waals surface area contributed by atoms with Gasteiger partial charge >= 0.3 is 0 Å². The van der Waals surface area contributed by atoms with Crippen LogP contribution in [0.3, 0.4) is 0 Å². The molecule has 2 aromatic carbocycles. The fourth-order valence-electron chi connectivity index (χ4n) is 2.76. The third-order valence-electron chi connectivity index (χ3n) is 4.22. The highest BCUT2D eigenvalue weighted by Crippen LogP contribution is 2.27. The van der Waals surface area contributed by atoms with E-state index in [1.165, 1.54) is 11.8 Å². The van der Waals surface area contributed by atoms with Crippen LogP contribution in [0.5, 0.6) is 0 Å². The van der Waals surface area contributed by atoms with Crippen LogP contribution >= 0.6 is 15.9 Å². The molecule has 1 amide bonds. The predicted molar refractivity (Wildman–Crippen MR) is 113 cm³/mol. The molecule has 5 heteroatoms. The van der Waals surface area contributed by atoms with E-state index < -0.39 is 5.91 Å². The van der Waals surface area contributed by atoms with Gasteiger partial charge in [0, 0.05) is 22.9 Å². The van der Waals surface area contributed by atoms with E-state index in [1.54, 1.807) is 0 Å². The van der Waals surface area contributed by atoms with E-state index in [1.807, 2.05) is 49.4 Å². The maximum absolute atomic E-state index is 12.5. The summed E-state index contributed by atoms with van der Waals surface area (Å²) in [6, 6.07) is 16.0. The number of halogens is 1. The summed E-state index contributed by atoms with van der Waals surface area (Å²) in [6.45, 7) is 6.74.